The molecule has 3 heteroatoms. The third-order valence-corrected chi connectivity index (χ3v) is 8.94. The molecule has 0 amide bonds. The highest BCUT2D eigenvalue weighted by atomic mass is 15.1. The first-order chi connectivity index (χ1) is 19.7. The number of hydrogen-bond donors (Lipinski definition) is 1. The first-order valence-electron chi connectivity index (χ1n) is 15.6. The quantitative estimate of drug-likeness (QED) is 0.194. The maximum absolute atomic E-state index is 3.92. The molecule has 0 spiro atoms. The van der Waals surface area contributed by atoms with Crippen molar-refractivity contribution in [2.75, 3.05) is 41.3 Å². The molecule has 4 aromatic rings. The van der Waals surface area contributed by atoms with Crippen LogP contribution in [-0.2, 0) is 0 Å². The van der Waals surface area contributed by atoms with Crippen molar-refractivity contribution < 1.29 is 0 Å². The second-order valence-electron chi connectivity index (χ2n) is 11.2. The average Bonchev–Trinajstić information content (AvgIpc) is 3.01. The van der Waals surface area contributed by atoms with Gasteiger partial charge < -0.3 is 15.1 Å². The summed E-state index contributed by atoms with van der Waals surface area (Å²) in [6.07, 6.45) is 6.60. The lowest BCUT2D eigenvalue weighted by atomic mass is 9.82. The third-order valence-electron chi connectivity index (χ3n) is 8.94. The number of anilines is 3. The fourth-order valence-corrected chi connectivity index (χ4v) is 6.65. The lowest BCUT2D eigenvalue weighted by Gasteiger charge is -2.27. The SMILES string of the molecule is CCN(CC)c1ccc(C(c2ccc(N(CC)CC)cc2)c2ccc(NC3CCCCC3)c3ccccc23)cc1. The van der Waals surface area contributed by atoms with Crippen LogP contribution in [0.4, 0.5) is 17.1 Å². The molecule has 0 atom stereocenters. The maximum atomic E-state index is 3.92. The minimum Gasteiger partial charge on any atom is -0.382 e. The molecular formula is C37H47N3. The Bertz CT molecular complexity index is 1290. The maximum Gasteiger partial charge on any atom is 0.0422 e. The Labute approximate surface area is 242 Å². The first-order valence-corrected chi connectivity index (χ1v) is 15.6. The topological polar surface area (TPSA) is 18.5 Å². The van der Waals surface area contributed by atoms with Crippen molar-refractivity contribution in [1.29, 1.82) is 0 Å². The van der Waals surface area contributed by atoms with Crippen LogP contribution in [0.5, 0.6) is 0 Å². The van der Waals surface area contributed by atoms with E-state index in [4.69, 9.17) is 0 Å². The number of rotatable bonds is 11. The van der Waals surface area contributed by atoms with Crippen LogP contribution >= 0.6 is 0 Å². The number of benzene rings is 4. The van der Waals surface area contributed by atoms with Crippen LogP contribution in [0.2, 0.25) is 0 Å². The summed E-state index contributed by atoms with van der Waals surface area (Å²) in [6, 6.07) is 32.9. The summed E-state index contributed by atoms with van der Waals surface area (Å²) >= 11 is 0. The molecule has 0 heterocycles. The summed E-state index contributed by atoms with van der Waals surface area (Å²) in [5.41, 5.74) is 7.91. The summed E-state index contributed by atoms with van der Waals surface area (Å²) in [4.78, 5) is 4.83. The van der Waals surface area contributed by atoms with Crippen molar-refractivity contribution in [3.8, 4) is 0 Å². The van der Waals surface area contributed by atoms with Crippen LogP contribution in [-0.4, -0.2) is 32.2 Å². The molecule has 3 nitrogen and oxygen atoms in total. The lowest BCUT2D eigenvalue weighted by Crippen LogP contribution is -2.22. The van der Waals surface area contributed by atoms with Gasteiger partial charge in [-0.1, -0.05) is 73.9 Å². The lowest BCUT2D eigenvalue weighted by molar-refractivity contribution is 0.463. The zero-order chi connectivity index (χ0) is 27.9. The molecule has 0 bridgehead atoms. The van der Waals surface area contributed by atoms with Gasteiger partial charge in [0.05, 0.1) is 0 Å². The van der Waals surface area contributed by atoms with Gasteiger partial charge >= 0.3 is 0 Å². The fraction of sp³-hybridized carbons (Fsp3) is 0.405. The molecule has 1 N–H and O–H groups in total. The Balaban J connectivity index is 1.59. The van der Waals surface area contributed by atoms with Crippen molar-refractivity contribution in [1.82, 2.24) is 0 Å². The Morgan fingerprint density at radius 1 is 0.600 bits per heavy atom. The largest absolute Gasteiger partial charge is 0.382 e. The summed E-state index contributed by atoms with van der Waals surface area (Å²) < 4.78 is 0. The molecule has 5 rings (SSSR count). The van der Waals surface area contributed by atoms with Crippen LogP contribution < -0.4 is 15.1 Å². The molecule has 1 aliphatic rings. The number of nitrogens with one attached hydrogen (secondary N) is 1. The van der Waals surface area contributed by atoms with Gasteiger partial charge in [0.15, 0.2) is 0 Å². The van der Waals surface area contributed by atoms with Gasteiger partial charge in [-0.05, 0) is 92.9 Å². The Kier molecular flexibility index (Phi) is 9.31. The van der Waals surface area contributed by atoms with E-state index in [-0.39, 0.29) is 5.92 Å². The van der Waals surface area contributed by atoms with Crippen LogP contribution in [0.25, 0.3) is 10.8 Å². The number of nitrogens with zero attached hydrogens (tertiary/aromatic N) is 2. The third kappa shape index (κ3) is 5.99. The standard InChI is InChI=1S/C37H47N3/c1-5-39(6-2)31-22-18-28(19-23-31)37(29-20-24-32(25-21-29)40(7-3)8-4)35-26-27-36(34-17-13-12-16-33(34)35)38-30-14-10-9-11-15-30/h12-13,16-27,30,37-38H,5-11,14-15H2,1-4H3. The zero-order valence-corrected chi connectivity index (χ0v) is 25.0. The van der Waals surface area contributed by atoms with Crippen molar-refractivity contribution in [3.63, 3.8) is 0 Å². The molecule has 0 radical (unpaired) electrons. The van der Waals surface area contributed by atoms with Gasteiger partial charge in [-0.15, -0.1) is 0 Å². The molecule has 210 valence electrons. The van der Waals surface area contributed by atoms with E-state index in [1.807, 2.05) is 0 Å². The molecule has 1 saturated carbocycles. The van der Waals surface area contributed by atoms with E-state index in [1.54, 1.807) is 0 Å². The molecule has 1 aliphatic carbocycles. The minimum absolute atomic E-state index is 0.158. The fourth-order valence-electron chi connectivity index (χ4n) is 6.65. The van der Waals surface area contributed by atoms with Gasteiger partial charge in [-0.25, -0.2) is 0 Å². The second-order valence-corrected chi connectivity index (χ2v) is 11.2. The second kappa shape index (κ2) is 13.3. The van der Waals surface area contributed by atoms with E-state index in [1.165, 1.54) is 76.6 Å². The highest BCUT2D eigenvalue weighted by Crippen LogP contribution is 2.40. The monoisotopic (exact) mass is 533 g/mol. The van der Waals surface area contributed by atoms with Crippen LogP contribution in [0.3, 0.4) is 0 Å². The van der Waals surface area contributed by atoms with Gasteiger partial charge in [-0.2, -0.15) is 0 Å². The van der Waals surface area contributed by atoms with Gasteiger partial charge in [0, 0.05) is 60.6 Å². The molecule has 4 aromatic carbocycles. The molecule has 40 heavy (non-hydrogen) atoms. The first kappa shape index (κ1) is 28.1. The van der Waals surface area contributed by atoms with E-state index in [9.17, 15) is 0 Å². The summed E-state index contributed by atoms with van der Waals surface area (Å²) in [5, 5.41) is 6.59. The van der Waals surface area contributed by atoms with E-state index in [0.717, 1.165) is 26.2 Å². The predicted octanol–water partition coefficient (Wildman–Crippen LogP) is 9.46. The van der Waals surface area contributed by atoms with Crippen molar-refractivity contribution >= 4 is 27.8 Å². The molecule has 1 fully saturated rings. The molecule has 0 saturated heterocycles. The Hall–Kier alpha value is -3.46. The van der Waals surface area contributed by atoms with Gasteiger partial charge in [0.1, 0.15) is 0 Å². The average molecular weight is 534 g/mol. The highest BCUT2D eigenvalue weighted by Gasteiger charge is 2.22. The van der Waals surface area contributed by atoms with E-state index < -0.39 is 0 Å². The summed E-state index contributed by atoms with van der Waals surface area (Å²) in [7, 11) is 0. The van der Waals surface area contributed by atoms with Crippen LogP contribution in [0.1, 0.15) is 82.4 Å². The van der Waals surface area contributed by atoms with E-state index in [2.05, 4.69) is 128 Å². The van der Waals surface area contributed by atoms with Crippen molar-refractivity contribution in [2.45, 2.75) is 71.8 Å². The van der Waals surface area contributed by atoms with Gasteiger partial charge in [0.25, 0.3) is 0 Å². The summed E-state index contributed by atoms with van der Waals surface area (Å²) in [5.74, 6) is 0.158. The van der Waals surface area contributed by atoms with Gasteiger partial charge in [0.2, 0.25) is 0 Å². The molecule has 0 aliphatic heterocycles. The van der Waals surface area contributed by atoms with Gasteiger partial charge in [-0.3, -0.25) is 0 Å². The van der Waals surface area contributed by atoms with E-state index in [0.29, 0.717) is 6.04 Å². The Morgan fingerprint density at radius 2 is 1.10 bits per heavy atom. The minimum atomic E-state index is 0.158. The summed E-state index contributed by atoms with van der Waals surface area (Å²) in [6.45, 7) is 13.0. The molecule has 0 unspecified atom stereocenters. The number of hydrogen-bond acceptors (Lipinski definition) is 3. The zero-order valence-electron chi connectivity index (χ0n) is 25.0. The van der Waals surface area contributed by atoms with Crippen molar-refractivity contribution in [2.24, 2.45) is 0 Å². The molecular weight excluding hydrogens is 486 g/mol. The van der Waals surface area contributed by atoms with Crippen LogP contribution in [0.15, 0.2) is 84.9 Å². The highest BCUT2D eigenvalue weighted by molar-refractivity contribution is 5.97. The van der Waals surface area contributed by atoms with Crippen LogP contribution in [0, 0.1) is 0 Å². The van der Waals surface area contributed by atoms with Crippen molar-refractivity contribution in [3.05, 3.63) is 102 Å². The predicted molar refractivity (Wildman–Crippen MR) is 175 cm³/mol. The van der Waals surface area contributed by atoms with E-state index >= 15 is 0 Å². The molecule has 0 aromatic heterocycles. The number of fused-ring (bicyclic) bond motifs is 1. The normalized spacial score (nSPS) is 14.0. The smallest absolute Gasteiger partial charge is 0.0422 e. The Morgan fingerprint density at radius 3 is 1.60 bits per heavy atom.